The van der Waals surface area contributed by atoms with Crippen molar-refractivity contribution in [2.24, 2.45) is 0 Å². The number of urea groups is 1. The van der Waals surface area contributed by atoms with Crippen molar-refractivity contribution in [3.8, 4) is 10.6 Å². The third-order valence-corrected chi connectivity index (χ3v) is 4.24. The second kappa shape index (κ2) is 7.73. The predicted octanol–water partition coefficient (Wildman–Crippen LogP) is 2.77. The largest absolute Gasteiger partial charge is 0.338 e. The third-order valence-electron chi connectivity index (χ3n) is 2.97. The van der Waals surface area contributed by atoms with Crippen molar-refractivity contribution in [2.45, 2.75) is 26.7 Å². The van der Waals surface area contributed by atoms with Crippen molar-refractivity contribution >= 4 is 17.4 Å². The van der Waals surface area contributed by atoms with Crippen LogP contribution in [0.5, 0.6) is 0 Å². The first-order valence-corrected chi connectivity index (χ1v) is 7.90. The maximum absolute atomic E-state index is 11.5. The number of thiazole rings is 1. The Morgan fingerprint density at radius 2 is 2.14 bits per heavy atom. The molecule has 2 N–H and O–H groups in total. The van der Waals surface area contributed by atoms with Crippen LogP contribution in [0.4, 0.5) is 4.79 Å². The van der Waals surface area contributed by atoms with Crippen LogP contribution in [0.3, 0.4) is 0 Å². The average molecular weight is 304 g/mol. The normalized spacial score (nSPS) is 10.4. The van der Waals surface area contributed by atoms with Crippen LogP contribution in [-0.2, 0) is 6.42 Å². The smallest absolute Gasteiger partial charge is 0.314 e. The lowest BCUT2D eigenvalue weighted by Crippen LogP contribution is -2.36. The lowest BCUT2D eigenvalue weighted by Gasteiger charge is -2.05. The highest BCUT2D eigenvalue weighted by molar-refractivity contribution is 7.15. The number of hydrogen-bond acceptors (Lipinski definition) is 4. The molecule has 0 unspecified atom stereocenters. The van der Waals surface area contributed by atoms with Gasteiger partial charge in [0.2, 0.25) is 0 Å². The summed E-state index contributed by atoms with van der Waals surface area (Å²) < 4.78 is 0. The van der Waals surface area contributed by atoms with Gasteiger partial charge in [-0.1, -0.05) is 6.92 Å². The molecule has 2 amide bonds. The number of nitrogens with one attached hydrogen (secondary N) is 2. The van der Waals surface area contributed by atoms with E-state index in [0.717, 1.165) is 29.1 Å². The van der Waals surface area contributed by atoms with E-state index >= 15 is 0 Å². The fraction of sp³-hybridized carbons (Fsp3) is 0.400. The van der Waals surface area contributed by atoms with Gasteiger partial charge in [-0.15, -0.1) is 11.3 Å². The molecule has 112 valence electrons. The zero-order valence-electron chi connectivity index (χ0n) is 12.3. The Kier molecular flexibility index (Phi) is 5.68. The molecule has 21 heavy (non-hydrogen) atoms. The molecule has 2 heterocycles. The van der Waals surface area contributed by atoms with Gasteiger partial charge in [-0.2, -0.15) is 0 Å². The average Bonchev–Trinajstić information content (AvgIpc) is 2.87. The summed E-state index contributed by atoms with van der Waals surface area (Å²) >= 11 is 1.66. The van der Waals surface area contributed by atoms with Crippen LogP contribution in [0.25, 0.3) is 10.6 Å². The van der Waals surface area contributed by atoms with Crippen molar-refractivity contribution in [3.05, 3.63) is 35.1 Å². The van der Waals surface area contributed by atoms with E-state index in [0.29, 0.717) is 13.1 Å². The molecule has 0 aliphatic carbocycles. The number of carbonyl (C=O) groups is 1. The molecule has 0 aliphatic heterocycles. The van der Waals surface area contributed by atoms with Gasteiger partial charge in [0.1, 0.15) is 5.01 Å². The van der Waals surface area contributed by atoms with E-state index in [1.807, 2.05) is 32.2 Å². The SMILES string of the molecule is CCCNC(=O)NCCc1sc(-c2cccnc2)nc1C. The van der Waals surface area contributed by atoms with Gasteiger partial charge in [-0.05, 0) is 25.5 Å². The molecule has 0 spiro atoms. The first kappa shape index (κ1) is 15.4. The Morgan fingerprint density at radius 3 is 2.86 bits per heavy atom. The highest BCUT2D eigenvalue weighted by atomic mass is 32.1. The lowest BCUT2D eigenvalue weighted by atomic mass is 10.3. The van der Waals surface area contributed by atoms with Gasteiger partial charge in [0.25, 0.3) is 0 Å². The molecule has 0 bridgehead atoms. The number of hydrogen-bond donors (Lipinski definition) is 2. The monoisotopic (exact) mass is 304 g/mol. The van der Waals surface area contributed by atoms with Gasteiger partial charge in [0, 0.05) is 42.3 Å². The van der Waals surface area contributed by atoms with Gasteiger partial charge >= 0.3 is 6.03 Å². The number of carbonyl (C=O) groups excluding carboxylic acids is 1. The Balaban J connectivity index is 1.90. The number of pyridine rings is 1. The van der Waals surface area contributed by atoms with E-state index in [9.17, 15) is 4.79 Å². The molecule has 0 radical (unpaired) electrons. The predicted molar refractivity (Wildman–Crippen MR) is 85.5 cm³/mol. The Hall–Kier alpha value is -1.95. The molecule has 2 aromatic rings. The Bertz CT molecular complexity index is 583. The van der Waals surface area contributed by atoms with E-state index in [1.165, 1.54) is 4.88 Å². The number of rotatable bonds is 6. The fourth-order valence-corrected chi connectivity index (χ4v) is 2.92. The molecule has 5 nitrogen and oxygen atoms in total. The zero-order chi connectivity index (χ0) is 15.1. The van der Waals surface area contributed by atoms with Crippen molar-refractivity contribution in [1.29, 1.82) is 0 Å². The summed E-state index contributed by atoms with van der Waals surface area (Å²) in [5.41, 5.74) is 2.06. The second-order valence-electron chi connectivity index (χ2n) is 4.70. The van der Waals surface area contributed by atoms with Crippen LogP contribution < -0.4 is 10.6 Å². The van der Waals surface area contributed by atoms with Crippen molar-refractivity contribution in [3.63, 3.8) is 0 Å². The van der Waals surface area contributed by atoms with Gasteiger partial charge < -0.3 is 10.6 Å². The van der Waals surface area contributed by atoms with Crippen molar-refractivity contribution in [2.75, 3.05) is 13.1 Å². The molecule has 0 atom stereocenters. The summed E-state index contributed by atoms with van der Waals surface area (Å²) in [6, 6.07) is 3.81. The van der Waals surface area contributed by atoms with Crippen LogP contribution in [0.15, 0.2) is 24.5 Å². The molecule has 2 aromatic heterocycles. The molecular formula is C15H20N4OS. The van der Waals surface area contributed by atoms with E-state index in [-0.39, 0.29) is 6.03 Å². The molecule has 0 saturated carbocycles. The summed E-state index contributed by atoms with van der Waals surface area (Å²) in [6.45, 7) is 5.35. The maximum atomic E-state index is 11.5. The van der Waals surface area contributed by atoms with Crippen molar-refractivity contribution < 1.29 is 4.79 Å². The summed E-state index contributed by atoms with van der Waals surface area (Å²) in [5, 5.41) is 6.63. The highest BCUT2D eigenvalue weighted by Crippen LogP contribution is 2.27. The Morgan fingerprint density at radius 1 is 1.33 bits per heavy atom. The molecule has 0 aliphatic rings. The number of amides is 2. The fourth-order valence-electron chi connectivity index (χ4n) is 1.86. The Labute approximate surface area is 128 Å². The number of aromatic nitrogens is 2. The van der Waals surface area contributed by atoms with Gasteiger partial charge in [-0.3, -0.25) is 4.98 Å². The molecule has 0 aromatic carbocycles. The quantitative estimate of drug-likeness (QED) is 0.862. The second-order valence-corrected chi connectivity index (χ2v) is 5.79. The summed E-state index contributed by atoms with van der Waals surface area (Å²) in [4.78, 5) is 21.4. The van der Waals surface area contributed by atoms with Crippen LogP contribution in [0.1, 0.15) is 23.9 Å². The minimum absolute atomic E-state index is 0.105. The first-order chi connectivity index (χ1) is 10.2. The number of aryl methyl sites for hydroxylation is 1. The summed E-state index contributed by atoms with van der Waals surface area (Å²) in [5.74, 6) is 0. The van der Waals surface area contributed by atoms with Gasteiger partial charge in [0.05, 0.1) is 5.69 Å². The van der Waals surface area contributed by atoms with E-state index in [1.54, 1.807) is 17.5 Å². The zero-order valence-corrected chi connectivity index (χ0v) is 13.2. The number of nitrogens with zero attached hydrogens (tertiary/aromatic N) is 2. The standard InChI is InChI=1S/C15H20N4OS/c1-3-7-17-15(20)18-9-6-13-11(2)19-14(21-13)12-5-4-8-16-10-12/h4-5,8,10H,3,6-7,9H2,1-2H3,(H2,17,18,20). The first-order valence-electron chi connectivity index (χ1n) is 7.09. The van der Waals surface area contributed by atoms with E-state index in [2.05, 4.69) is 20.6 Å². The van der Waals surface area contributed by atoms with Crippen LogP contribution in [0.2, 0.25) is 0 Å². The highest BCUT2D eigenvalue weighted by Gasteiger charge is 2.09. The molecule has 0 fully saturated rings. The van der Waals surface area contributed by atoms with Gasteiger partial charge in [0.15, 0.2) is 0 Å². The minimum atomic E-state index is -0.105. The molecule has 0 saturated heterocycles. The summed E-state index contributed by atoms with van der Waals surface area (Å²) in [6.07, 6.45) is 5.31. The van der Waals surface area contributed by atoms with Crippen LogP contribution >= 0.6 is 11.3 Å². The lowest BCUT2D eigenvalue weighted by molar-refractivity contribution is 0.241. The van der Waals surface area contributed by atoms with E-state index in [4.69, 9.17) is 0 Å². The topological polar surface area (TPSA) is 66.9 Å². The molecular weight excluding hydrogens is 284 g/mol. The maximum Gasteiger partial charge on any atom is 0.314 e. The van der Waals surface area contributed by atoms with Gasteiger partial charge in [-0.25, -0.2) is 9.78 Å². The molecule has 6 heteroatoms. The van der Waals surface area contributed by atoms with Crippen LogP contribution in [-0.4, -0.2) is 29.1 Å². The summed E-state index contributed by atoms with van der Waals surface area (Å²) in [7, 11) is 0. The van der Waals surface area contributed by atoms with Crippen molar-refractivity contribution in [1.82, 2.24) is 20.6 Å². The minimum Gasteiger partial charge on any atom is -0.338 e. The molecule has 2 rings (SSSR count). The van der Waals surface area contributed by atoms with E-state index < -0.39 is 0 Å². The third kappa shape index (κ3) is 4.53. The van der Waals surface area contributed by atoms with Crippen LogP contribution in [0, 0.1) is 6.92 Å².